The largest absolute Gasteiger partial charge is 0.465 e. The van der Waals surface area contributed by atoms with Crippen LogP contribution in [0.4, 0.5) is 0 Å². The third kappa shape index (κ3) is 37.5. The molecule has 0 aliphatic carbocycles. The number of rotatable bonds is 44. The van der Waals surface area contributed by atoms with Crippen LogP contribution in [0.5, 0.6) is 0 Å². The number of esters is 1. The molecule has 0 rings (SSSR count). The minimum absolute atomic E-state index is 0.0367. The van der Waals surface area contributed by atoms with Crippen LogP contribution >= 0.6 is 0 Å². The summed E-state index contributed by atoms with van der Waals surface area (Å²) in [5.41, 5.74) is 0. The highest BCUT2D eigenvalue weighted by molar-refractivity contribution is 5.75. The lowest BCUT2D eigenvalue weighted by molar-refractivity contribution is -0.150. The molecule has 3 nitrogen and oxygen atoms in total. The fourth-order valence-electron chi connectivity index (χ4n) is 7.81. The van der Waals surface area contributed by atoms with Crippen LogP contribution in [0, 0.1) is 0 Å². The third-order valence-corrected chi connectivity index (χ3v) is 11.4. The maximum Gasteiger partial charge on any atom is 0.323 e. The molecule has 0 aliphatic heterocycles. The molecule has 1 atom stereocenters. The standard InChI is InChI=1S/C48H97NO2/c1-5-9-13-17-21-25-28-32-36-40-44-49(45-41-37-33-29-26-22-18-14-10-6-2)47(43-39-35-31-24-20-16-12-8-4)48(50)51-46-42-38-34-30-27-23-19-15-11-7-3/h47H,5-46H2,1-4H3. The molecule has 306 valence electrons. The molecule has 3 heteroatoms. The molecule has 0 heterocycles. The van der Waals surface area contributed by atoms with Gasteiger partial charge in [0.1, 0.15) is 6.04 Å². The van der Waals surface area contributed by atoms with E-state index in [1.165, 1.54) is 238 Å². The second kappa shape index (κ2) is 43.8. The molecule has 51 heavy (non-hydrogen) atoms. The van der Waals surface area contributed by atoms with Crippen molar-refractivity contribution in [1.82, 2.24) is 4.90 Å². The molecule has 0 aromatic carbocycles. The van der Waals surface area contributed by atoms with E-state index in [-0.39, 0.29) is 12.0 Å². The summed E-state index contributed by atoms with van der Waals surface area (Å²) in [5.74, 6) is 0.0908. The van der Waals surface area contributed by atoms with Gasteiger partial charge >= 0.3 is 5.97 Å². The zero-order valence-electron chi connectivity index (χ0n) is 36.0. The van der Waals surface area contributed by atoms with Crippen LogP contribution in [0.15, 0.2) is 0 Å². The van der Waals surface area contributed by atoms with Crippen LogP contribution < -0.4 is 0 Å². The summed E-state index contributed by atoms with van der Waals surface area (Å²) in [6.45, 7) is 12.0. The van der Waals surface area contributed by atoms with Crippen molar-refractivity contribution >= 4 is 5.97 Å². The predicted octanol–water partition coefficient (Wildman–Crippen LogP) is 16.5. The summed E-state index contributed by atoms with van der Waals surface area (Å²) < 4.78 is 6.10. The van der Waals surface area contributed by atoms with E-state index in [4.69, 9.17) is 4.74 Å². The van der Waals surface area contributed by atoms with Gasteiger partial charge in [-0.15, -0.1) is 0 Å². The monoisotopic (exact) mass is 720 g/mol. The number of nitrogens with zero attached hydrogens (tertiary/aromatic N) is 1. The van der Waals surface area contributed by atoms with Crippen molar-refractivity contribution in [2.75, 3.05) is 19.7 Å². The van der Waals surface area contributed by atoms with Gasteiger partial charge in [-0.25, -0.2) is 0 Å². The van der Waals surface area contributed by atoms with E-state index in [2.05, 4.69) is 32.6 Å². The van der Waals surface area contributed by atoms with E-state index in [1.54, 1.807) is 0 Å². The molecule has 0 aromatic rings. The lowest BCUT2D eigenvalue weighted by Gasteiger charge is -2.30. The third-order valence-electron chi connectivity index (χ3n) is 11.4. The Kier molecular flexibility index (Phi) is 43.3. The van der Waals surface area contributed by atoms with Crippen LogP contribution in [-0.2, 0) is 9.53 Å². The maximum atomic E-state index is 13.8. The van der Waals surface area contributed by atoms with Crippen molar-refractivity contribution in [3.8, 4) is 0 Å². The molecule has 1 unspecified atom stereocenters. The summed E-state index contributed by atoms with van der Waals surface area (Å²) in [5, 5.41) is 0. The molecule has 0 aromatic heterocycles. The average molecular weight is 720 g/mol. The van der Waals surface area contributed by atoms with E-state index < -0.39 is 0 Å². The highest BCUT2D eigenvalue weighted by atomic mass is 16.5. The van der Waals surface area contributed by atoms with E-state index in [0.717, 1.165) is 25.9 Å². The Morgan fingerprint density at radius 3 is 0.922 bits per heavy atom. The van der Waals surface area contributed by atoms with Gasteiger partial charge in [-0.3, -0.25) is 9.69 Å². The zero-order chi connectivity index (χ0) is 37.1. The molecule has 0 bridgehead atoms. The van der Waals surface area contributed by atoms with Gasteiger partial charge in [0.25, 0.3) is 0 Å². The van der Waals surface area contributed by atoms with Crippen LogP contribution in [0.25, 0.3) is 0 Å². The van der Waals surface area contributed by atoms with E-state index >= 15 is 0 Å². The first-order valence-corrected chi connectivity index (χ1v) is 24.1. The molecule has 0 N–H and O–H groups in total. The average Bonchev–Trinajstić information content (AvgIpc) is 3.14. The Morgan fingerprint density at radius 1 is 0.353 bits per heavy atom. The summed E-state index contributed by atoms with van der Waals surface area (Å²) in [4.78, 5) is 16.4. The highest BCUT2D eigenvalue weighted by Crippen LogP contribution is 2.19. The van der Waals surface area contributed by atoms with Crippen LogP contribution in [0.3, 0.4) is 0 Å². The molecule has 0 spiro atoms. The van der Waals surface area contributed by atoms with Gasteiger partial charge in [0.15, 0.2) is 0 Å². The van der Waals surface area contributed by atoms with Crippen molar-refractivity contribution in [1.29, 1.82) is 0 Å². The summed E-state index contributed by atoms with van der Waals surface area (Å²) >= 11 is 0. The van der Waals surface area contributed by atoms with E-state index in [9.17, 15) is 4.79 Å². The fourth-order valence-corrected chi connectivity index (χ4v) is 7.81. The minimum atomic E-state index is -0.0367. The van der Waals surface area contributed by atoms with Crippen LogP contribution in [-0.4, -0.2) is 36.6 Å². The van der Waals surface area contributed by atoms with Crippen molar-refractivity contribution in [2.45, 2.75) is 284 Å². The Bertz CT molecular complexity index is 627. The minimum Gasteiger partial charge on any atom is -0.465 e. The smallest absolute Gasteiger partial charge is 0.323 e. The Morgan fingerprint density at radius 2 is 0.608 bits per heavy atom. The molecule has 0 amide bonds. The summed E-state index contributed by atoms with van der Waals surface area (Å²) in [7, 11) is 0. The normalized spacial score (nSPS) is 12.3. The number of hydrogen-bond donors (Lipinski definition) is 0. The Hall–Kier alpha value is -0.570. The molecular formula is C48H97NO2. The van der Waals surface area contributed by atoms with Crippen molar-refractivity contribution < 1.29 is 9.53 Å². The molecule has 0 radical (unpaired) electrons. The number of unbranched alkanes of at least 4 members (excludes halogenated alkanes) is 34. The molecule has 0 fully saturated rings. The molecule has 0 aliphatic rings. The molecule has 0 saturated heterocycles. The van der Waals surface area contributed by atoms with E-state index in [0.29, 0.717) is 6.61 Å². The number of carbonyl (C=O) groups is 1. The predicted molar refractivity (Wildman–Crippen MR) is 229 cm³/mol. The van der Waals surface area contributed by atoms with Gasteiger partial charge in [-0.1, -0.05) is 252 Å². The quantitative estimate of drug-likeness (QED) is 0.0464. The lowest BCUT2D eigenvalue weighted by Crippen LogP contribution is -2.43. The first-order chi connectivity index (χ1) is 25.2. The number of hydrogen-bond acceptors (Lipinski definition) is 3. The lowest BCUT2D eigenvalue weighted by atomic mass is 10.0. The van der Waals surface area contributed by atoms with Crippen molar-refractivity contribution in [3.05, 3.63) is 0 Å². The van der Waals surface area contributed by atoms with Gasteiger partial charge in [0.05, 0.1) is 6.61 Å². The zero-order valence-corrected chi connectivity index (χ0v) is 36.0. The SMILES string of the molecule is CCCCCCCCCCCCOC(=O)C(CCCCCCCCCC)N(CCCCCCCCCCCC)CCCCCCCCCCCC. The number of ether oxygens (including phenoxy) is 1. The fraction of sp³-hybridized carbons (Fsp3) is 0.979. The first-order valence-electron chi connectivity index (χ1n) is 24.1. The highest BCUT2D eigenvalue weighted by Gasteiger charge is 2.26. The van der Waals surface area contributed by atoms with Crippen molar-refractivity contribution in [3.63, 3.8) is 0 Å². The first kappa shape index (κ1) is 50.4. The molecule has 0 saturated carbocycles. The van der Waals surface area contributed by atoms with Gasteiger partial charge in [-0.05, 0) is 38.8 Å². The Balaban J connectivity index is 4.94. The molecular weight excluding hydrogens is 623 g/mol. The van der Waals surface area contributed by atoms with Gasteiger partial charge < -0.3 is 4.74 Å². The Labute approximate surface area is 323 Å². The van der Waals surface area contributed by atoms with Gasteiger partial charge in [0, 0.05) is 0 Å². The summed E-state index contributed by atoms with van der Waals surface area (Å²) in [6, 6.07) is -0.0367. The van der Waals surface area contributed by atoms with Crippen LogP contribution in [0.1, 0.15) is 278 Å². The van der Waals surface area contributed by atoms with Crippen LogP contribution in [0.2, 0.25) is 0 Å². The number of carbonyl (C=O) groups excluding carboxylic acids is 1. The van der Waals surface area contributed by atoms with E-state index in [1.807, 2.05) is 0 Å². The summed E-state index contributed by atoms with van der Waals surface area (Å²) in [6.07, 6.45) is 52.0. The van der Waals surface area contributed by atoms with Crippen molar-refractivity contribution in [2.24, 2.45) is 0 Å². The second-order valence-electron chi connectivity index (χ2n) is 16.5. The second-order valence-corrected chi connectivity index (χ2v) is 16.5. The maximum absolute atomic E-state index is 13.8. The topological polar surface area (TPSA) is 29.5 Å². The van der Waals surface area contributed by atoms with Gasteiger partial charge in [0.2, 0.25) is 0 Å². The van der Waals surface area contributed by atoms with Gasteiger partial charge in [-0.2, -0.15) is 0 Å².